The summed E-state index contributed by atoms with van der Waals surface area (Å²) in [6.45, 7) is 0.261. The molecule has 10 heteroatoms. The Labute approximate surface area is 103 Å². The zero-order valence-corrected chi connectivity index (χ0v) is 10.2. The maximum absolute atomic E-state index is 11.6. The van der Waals surface area contributed by atoms with Gasteiger partial charge >= 0.3 is 5.82 Å². The second-order valence-electron chi connectivity index (χ2n) is 3.04. The van der Waals surface area contributed by atoms with Crippen LogP contribution in [0.2, 0.25) is 0 Å². The van der Waals surface area contributed by atoms with Gasteiger partial charge in [-0.05, 0) is 16.0 Å². The van der Waals surface area contributed by atoms with Gasteiger partial charge in [-0.3, -0.25) is 4.84 Å². The van der Waals surface area contributed by atoms with E-state index in [1.807, 2.05) is 4.89 Å². The van der Waals surface area contributed by atoms with Gasteiger partial charge in [-0.25, -0.2) is 8.42 Å². The predicted molar refractivity (Wildman–Crippen MR) is 59.0 cm³/mol. The molecule has 0 atom stereocenters. The maximum Gasteiger partial charge on any atom is 0.363 e. The van der Waals surface area contributed by atoms with Crippen molar-refractivity contribution in [3.63, 3.8) is 0 Å². The molecule has 1 heterocycles. The Morgan fingerprint density at radius 2 is 2.17 bits per heavy atom. The van der Waals surface area contributed by atoms with Gasteiger partial charge in [0.05, 0.1) is 13.2 Å². The fourth-order valence-corrected chi connectivity index (χ4v) is 1.71. The van der Waals surface area contributed by atoms with Crippen LogP contribution in [-0.2, 0) is 19.6 Å². The number of sulfonamides is 1. The molecule has 0 aliphatic rings. The van der Waals surface area contributed by atoms with E-state index in [4.69, 9.17) is 0 Å². The molecular weight excluding hydrogens is 266 g/mol. The Bertz CT molecular complexity index is 500. The summed E-state index contributed by atoms with van der Waals surface area (Å²) in [6, 6.07) is 2.05. The summed E-state index contributed by atoms with van der Waals surface area (Å²) in [6.07, 6.45) is 0.875. The van der Waals surface area contributed by atoms with Gasteiger partial charge in [0, 0.05) is 13.2 Å². The largest absolute Gasteiger partial charge is 0.382 e. The summed E-state index contributed by atoms with van der Waals surface area (Å²) < 4.78 is 27.8. The van der Waals surface area contributed by atoms with E-state index < -0.39 is 20.8 Å². The number of hydrogen-bond acceptors (Lipinski definition) is 7. The number of aromatic nitrogens is 1. The molecule has 1 aromatic rings. The Hall–Kier alpha value is -1.62. The van der Waals surface area contributed by atoms with E-state index in [1.54, 1.807) is 0 Å². The smallest absolute Gasteiger partial charge is 0.363 e. The Balaban J connectivity index is 2.70. The van der Waals surface area contributed by atoms with Crippen LogP contribution in [0.4, 0.5) is 5.82 Å². The monoisotopic (exact) mass is 277 g/mol. The van der Waals surface area contributed by atoms with Gasteiger partial charge in [0.1, 0.15) is 4.90 Å². The average Bonchev–Trinajstić information content (AvgIpc) is 2.35. The van der Waals surface area contributed by atoms with Gasteiger partial charge in [0.15, 0.2) is 6.20 Å². The van der Waals surface area contributed by atoms with Crippen LogP contribution in [0.15, 0.2) is 23.2 Å². The molecular formula is C8H11N3O6S. The summed E-state index contributed by atoms with van der Waals surface area (Å²) in [5.74, 6) is -0.436. The molecule has 0 bridgehead atoms. The normalized spacial score (nSPS) is 11.4. The van der Waals surface area contributed by atoms with Gasteiger partial charge in [-0.2, -0.15) is 0 Å². The van der Waals surface area contributed by atoms with Crippen LogP contribution in [0.3, 0.4) is 0 Å². The maximum atomic E-state index is 11.6. The molecule has 0 aliphatic carbocycles. The molecule has 18 heavy (non-hydrogen) atoms. The molecule has 0 aromatic carbocycles. The molecule has 0 aliphatic heterocycles. The van der Waals surface area contributed by atoms with Gasteiger partial charge in [0.25, 0.3) is 10.0 Å². The van der Waals surface area contributed by atoms with Crippen molar-refractivity contribution >= 4 is 15.8 Å². The molecule has 0 amide bonds. The highest BCUT2D eigenvalue weighted by Gasteiger charge is 2.18. The number of nitrogens with one attached hydrogen (secondary N) is 1. The van der Waals surface area contributed by atoms with E-state index >= 15 is 0 Å². The average molecular weight is 277 g/mol. The van der Waals surface area contributed by atoms with Crippen LogP contribution in [0.25, 0.3) is 0 Å². The SMILES string of the molecule is COCCONS(=O)(=O)c1ccc([N+](=O)[O-])nc1. The standard InChI is InChI=1S/C8H11N3O6S/c1-16-4-5-17-10-18(14,15)7-2-3-8(9-6-7)11(12)13/h2-3,6,10H,4-5H2,1H3. The number of nitro groups is 1. The Morgan fingerprint density at radius 1 is 1.44 bits per heavy atom. The minimum absolute atomic E-state index is 0.0378. The fraction of sp³-hybridized carbons (Fsp3) is 0.375. The van der Waals surface area contributed by atoms with E-state index in [0.29, 0.717) is 0 Å². The third-order valence-corrected chi connectivity index (χ3v) is 2.98. The summed E-state index contributed by atoms with van der Waals surface area (Å²) >= 11 is 0. The second kappa shape index (κ2) is 6.35. The lowest BCUT2D eigenvalue weighted by molar-refractivity contribution is -0.389. The van der Waals surface area contributed by atoms with Crippen molar-refractivity contribution in [2.45, 2.75) is 4.90 Å². The predicted octanol–water partition coefficient (Wildman–Crippen LogP) is -0.154. The summed E-state index contributed by atoms with van der Waals surface area (Å²) in [5, 5.41) is 10.3. The van der Waals surface area contributed by atoms with Crippen LogP contribution in [0, 0.1) is 10.1 Å². The summed E-state index contributed by atoms with van der Waals surface area (Å²) in [4.78, 5) is 19.3. The molecule has 1 rings (SSSR count). The van der Waals surface area contributed by atoms with E-state index in [9.17, 15) is 18.5 Å². The fourth-order valence-electron chi connectivity index (χ4n) is 0.932. The van der Waals surface area contributed by atoms with Crippen LogP contribution in [0.1, 0.15) is 0 Å². The van der Waals surface area contributed by atoms with Crippen molar-refractivity contribution < 1.29 is 22.9 Å². The van der Waals surface area contributed by atoms with Gasteiger partial charge in [-0.1, -0.05) is 4.89 Å². The molecule has 1 aromatic heterocycles. The van der Waals surface area contributed by atoms with Crippen molar-refractivity contribution in [2.24, 2.45) is 0 Å². The molecule has 0 radical (unpaired) electrons. The number of pyridine rings is 1. The highest BCUT2D eigenvalue weighted by atomic mass is 32.2. The van der Waals surface area contributed by atoms with E-state index in [0.717, 1.165) is 18.3 Å². The molecule has 0 saturated heterocycles. The van der Waals surface area contributed by atoms with Gasteiger partial charge in [0.2, 0.25) is 0 Å². The van der Waals surface area contributed by atoms with Crippen molar-refractivity contribution in [3.05, 3.63) is 28.4 Å². The first kappa shape index (κ1) is 14.4. The molecule has 0 spiro atoms. The first-order valence-corrected chi connectivity index (χ1v) is 6.18. The summed E-state index contributed by atoms with van der Waals surface area (Å²) in [5.41, 5.74) is 0. The second-order valence-corrected chi connectivity index (χ2v) is 4.68. The van der Waals surface area contributed by atoms with Crippen LogP contribution >= 0.6 is 0 Å². The quantitative estimate of drug-likeness (QED) is 0.417. The van der Waals surface area contributed by atoms with Gasteiger partial charge < -0.3 is 14.9 Å². The molecule has 1 N–H and O–H groups in total. The number of methoxy groups -OCH3 is 1. The van der Waals surface area contributed by atoms with Crippen molar-refractivity contribution in [1.29, 1.82) is 0 Å². The number of nitrogens with zero attached hydrogens (tertiary/aromatic N) is 2. The lowest BCUT2D eigenvalue weighted by atomic mass is 10.5. The first-order chi connectivity index (χ1) is 8.47. The minimum atomic E-state index is -3.90. The number of hydrogen-bond donors (Lipinski definition) is 1. The van der Waals surface area contributed by atoms with Gasteiger partial charge in [-0.15, -0.1) is 0 Å². The van der Waals surface area contributed by atoms with Crippen molar-refractivity contribution in [3.8, 4) is 0 Å². The third kappa shape index (κ3) is 4.00. The molecule has 9 nitrogen and oxygen atoms in total. The lowest BCUT2D eigenvalue weighted by Crippen LogP contribution is -2.25. The zero-order chi connectivity index (χ0) is 13.6. The highest BCUT2D eigenvalue weighted by Crippen LogP contribution is 2.11. The molecule has 100 valence electrons. The van der Waals surface area contributed by atoms with E-state index in [-0.39, 0.29) is 18.1 Å². The summed E-state index contributed by atoms with van der Waals surface area (Å²) in [7, 11) is -2.45. The van der Waals surface area contributed by atoms with Crippen LogP contribution in [0.5, 0.6) is 0 Å². The number of rotatable bonds is 7. The van der Waals surface area contributed by atoms with Crippen LogP contribution < -0.4 is 4.89 Å². The van der Waals surface area contributed by atoms with Crippen LogP contribution in [-0.4, -0.2) is 38.6 Å². The van der Waals surface area contributed by atoms with Crippen molar-refractivity contribution in [1.82, 2.24) is 9.87 Å². The molecule has 0 saturated carbocycles. The Kier molecular flexibility index (Phi) is 5.09. The molecule has 0 fully saturated rings. The number of ether oxygens (including phenoxy) is 1. The van der Waals surface area contributed by atoms with E-state index in [1.165, 1.54) is 7.11 Å². The minimum Gasteiger partial charge on any atom is -0.382 e. The molecule has 0 unspecified atom stereocenters. The topological polar surface area (TPSA) is 121 Å². The third-order valence-electron chi connectivity index (χ3n) is 1.78. The zero-order valence-electron chi connectivity index (χ0n) is 9.40. The lowest BCUT2D eigenvalue weighted by Gasteiger charge is -2.05. The first-order valence-electron chi connectivity index (χ1n) is 4.70. The highest BCUT2D eigenvalue weighted by molar-refractivity contribution is 7.89. The Morgan fingerprint density at radius 3 is 2.67 bits per heavy atom. The van der Waals surface area contributed by atoms with Crippen molar-refractivity contribution in [2.75, 3.05) is 20.3 Å². The van der Waals surface area contributed by atoms with E-state index in [2.05, 4.69) is 14.6 Å².